The highest BCUT2D eigenvalue weighted by Crippen LogP contribution is 2.38. The van der Waals surface area contributed by atoms with E-state index in [-0.39, 0.29) is 24.9 Å². The number of nitrogens with zero attached hydrogens (tertiary/aromatic N) is 1. The van der Waals surface area contributed by atoms with E-state index in [0.29, 0.717) is 12.0 Å². The van der Waals surface area contributed by atoms with Gasteiger partial charge in [0, 0.05) is 6.54 Å². The zero-order chi connectivity index (χ0) is 20.3. The molecular formula is C20H25N3O5. The van der Waals surface area contributed by atoms with Crippen LogP contribution in [0.25, 0.3) is 0 Å². The van der Waals surface area contributed by atoms with Gasteiger partial charge in [-0.2, -0.15) is 0 Å². The van der Waals surface area contributed by atoms with Gasteiger partial charge in [0.25, 0.3) is 5.91 Å². The normalized spacial score (nSPS) is 24.2. The number of ether oxygens (including phenoxy) is 1. The lowest BCUT2D eigenvalue weighted by molar-refractivity contribution is -0.137. The molecular weight excluding hydrogens is 362 g/mol. The van der Waals surface area contributed by atoms with Gasteiger partial charge in [-0.1, -0.05) is 31.9 Å². The number of imide groups is 1. The Hall–Kier alpha value is -2.90. The average Bonchev–Trinajstić information content (AvgIpc) is 2.93. The van der Waals surface area contributed by atoms with Gasteiger partial charge in [-0.25, -0.2) is 9.59 Å². The number of methoxy groups -OCH3 is 1. The summed E-state index contributed by atoms with van der Waals surface area (Å²) in [6, 6.07) is 6.13. The standard InChI is InChI=1S/C20H25N3O5/c1-13-5-3-4-10-20(13)18(26)23(19(27)22-20)12-16(24)21-11-14-6-8-15(9-7-14)17(25)28-2/h6-9,13H,3-5,10-12H2,1-2H3,(H,21,24)(H,22,27). The zero-order valence-corrected chi connectivity index (χ0v) is 16.1. The fraction of sp³-hybridized carbons (Fsp3) is 0.500. The molecule has 0 radical (unpaired) electrons. The first-order chi connectivity index (χ1) is 13.4. The lowest BCUT2D eigenvalue weighted by Crippen LogP contribution is -2.54. The Morgan fingerprint density at radius 1 is 1.25 bits per heavy atom. The average molecular weight is 387 g/mol. The van der Waals surface area contributed by atoms with Crippen LogP contribution in [-0.4, -0.2) is 47.9 Å². The summed E-state index contributed by atoms with van der Waals surface area (Å²) >= 11 is 0. The molecule has 28 heavy (non-hydrogen) atoms. The Kier molecular flexibility index (Phi) is 5.67. The van der Waals surface area contributed by atoms with Crippen LogP contribution < -0.4 is 10.6 Å². The first kappa shape index (κ1) is 19.9. The number of amides is 4. The fourth-order valence-corrected chi connectivity index (χ4v) is 3.92. The summed E-state index contributed by atoms with van der Waals surface area (Å²) in [6.07, 6.45) is 3.43. The van der Waals surface area contributed by atoms with Crippen molar-refractivity contribution < 1.29 is 23.9 Å². The molecule has 2 atom stereocenters. The van der Waals surface area contributed by atoms with Crippen LogP contribution in [0.2, 0.25) is 0 Å². The van der Waals surface area contributed by atoms with E-state index in [0.717, 1.165) is 29.7 Å². The number of carbonyl (C=O) groups is 4. The van der Waals surface area contributed by atoms with Crippen LogP contribution >= 0.6 is 0 Å². The number of carbonyl (C=O) groups excluding carboxylic acids is 4. The molecule has 4 amide bonds. The van der Waals surface area contributed by atoms with E-state index in [1.54, 1.807) is 24.3 Å². The summed E-state index contributed by atoms with van der Waals surface area (Å²) < 4.78 is 4.64. The monoisotopic (exact) mass is 387 g/mol. The van der Waals surface area contributed by atoms with E-state index in [4.69, 9.17) is 0 Å². The molecule has 150 valence electrons. The molecule has 2 aliphatic rings. The maximum atomic E-state index is 12.9. The van der Waals surface area contributed by atoms with Gasteiger partial charge in [0.15, 0.2) is 0 Å². The lowest BCUT2D eigenvalue weighted by Gasteiger charge is -2.36. The first-order valence-electron chi connectivity index (χ1n) is 9.45. The summed E-state index contributed by atoms with van der Waals surface area (Å²) in [6.45, 7) is 1.89. The summed E-state index contributed by atoms with van der Waals surface area (Å²) in [5.74, 6) is -1.09. The smallest absolute Gasteiger partial charge is 0.337 e. The number of esters is 1. The van der Waals surface area contributed by atoms with Crippen molar-refractivity contribution in [1.82, 2.24) is 15.5 Å². The van der Waals surface area contributed by atoms with Crippen molar-refractivity contribution in [2.75, 3.05) is 13.7 Å². The number of benzene rings is 1. The SMILES string of the molecule is COC(=O)c1ccc(CNC(=O)CN2C(=O)NC3(CCCCC3C)C2=O)cc1. The Balaban J connectivity index is 1.57. The molecule has 2 fully saturated rings. The molecule has 1 spiro atoms. The second kappa shape index (κ2) is 8.00. The third kappa shape index (κ3) is 3.72. The summed E-state index contributed by atoms with van der Waals surface area (Å²) in [7, 11) is 1.31. The van der Waals surface area contributed by atoms with Crippen molar-refractivity contribution in [3.8, 4) is 0 Å². The molecule has 1 saturated heterocycles. The van der Waals surface area contributed by atoms with E-state index in [1.807, 2.05) is 6.92 Å². The van der Waals surface area contributed by atoms with Gasteiger partial charge in [-0.15, -0.1) is 0 Å². The molecule has 2 N–H and O–H groups in total. The quantitative estimate of drug-likeness (QED) is 0.590. The fourth-order valence-electron chi connectivity index (χ4n) is 3.92. The van der Waals surface area contributed by atoms with Crippen LogP contribution in [0.5, 0.6) is 0 Å². The maximum absolute atomic E-state index is 12.9. The highest BCUT2D eigenvalue weighted by molar-refractivity contribution is 6.09. The largest absolute Gasteiger partial charge is 0.465 e. The van der Waals surface area contributed by atoms with Crippen molar-refractivity contribution in [3.63, 3.8) is 0 Å². The van der Waals surface area contributed by atoms with Gasteiger partial charge < -0.3 is 15.4 Å². The molecule has 2 unspecified atom stereocenters. The Morgan fingerprint density at radius 2 is 1.96 bits per heavy atom. The number of hydrogen-bond donors (Lipinski definition) is 2. The second-order valence-electron chi connectivity index (χ2n) is 7.40. The molecule has 1 aliphatic carbocycles. The molecule has 1 aromatic carbocycles. The molecule has 1 saturated carbocycles. The number of nitrogens with one attached hydrogen (secondary N) is 2. The van der Waals surface area contributed by atoms with Crippen molar-refractivity contribution in [1.29, 1.82) is 0 Å². The molecule has 0 aromatic heterocycles. The summed E-state index contributed by atoms with van der Waals surface area (Å²) in [5, 5.41) is 5.54. The molecule has 0 bridgehead atoms. The summed E-state index contributed by atoms with van der Waals surface area (Å²) in [5.41, 5.74) is 0.346. The molecule has 1 aliphatic heterocycles. The number of urea groups is 1. The highest BCUT2D eigenvalue weighted by Gasteiger charge is 2.55. The van der Waals surface area contributed by atoms with E-state index in [1.165, 1.54) is 7.11 Å². The number of hydrogen-bond acceptors (Lipinski definition) is 5. The zero-order valence-electron chi connectivity index (χ0n) is 16.1. The minimum absolute atomic E-state index is 0.0547. The van der Waals surface area contributed by atoms with Gasteiger partial charge in [-0.3, -0.25) is 14.5 Å². The lowest BCUT2D eigenvalue weighted by atomic mass is 9.73. The van der Waals surface area contributed by atoms with Crippen molar-refractivity contribution in [3.05, 3.63) is 35.4 Å². The van der Waals surface area contributed by atoms with Crippen LogP contribution in [0.4, 0.5) is 4.79 Å². The van der Waals surface area contributed by atoms with Crippen LogP contribution in [0, 0.1) is 5.92 Å². The maximum Gasteiger partial charge on any atom is 0.337 e. The van der Waals surface area contributed by atoms with Crippen molar-refractivity contribution in [2.24, 2.45) is 5.92 Å². The minimum Gasteiger partial charge on any atom is -0.465 e. The molecule has 8 heteroatoms. The predicted molar refractivity (Wildman–Crippen MR) is 100 cm³/mol. The van der Waals surface area contributed by atoms with E-state index in [2.05, 4.69) is 15.4 Å². The third-order valence-corrected chi connectivity index (χ3v) is 5.67. The Morgan fingerprint density at radius 3 is 2.61 bits per heavy atom. The molecule has 1 heterocycles. The topological polar surface area (TPSA) is 105 Å². The second-order valence-corrected chi connectivity index (χ2v) is 7.40. The van der Waals surface area contributed by atoms with Gasteiger partial charge in [0.2, 0.25) is 5.91 Å². The predicted octanol–water partition coefficient (Wildman–Crippen LogP) is 1.59. The summed E-state index contributed by atoms with van der Waals surface area (Å²) in [4.78, 5) is 49.9. The van der Waals surface area contributed by atoms with Crippen molar-refractivity contribution >= 4 is 23.8 Å². The third-order valence-electron chi connectivity index (χ3n) is 5.67. The van der Waals surface area contributed by atoms with E-state index >= 15 is 0 Å². The highest BCUT2D eigenvalue weighted by atomic mass is 16.5. The van der Waals surface area contributed by atoms with Crippen molar-refractivity contribution in [2.45, 2.75) is 44.7 Å². The van der Waals surface area contributed by atoms with Crippen LogP contribution in [0.3, 0.4) is 0 Å². The molecule has 8 nitrogen and oxygen atoms in total. The van der Waals surface area contributed by atoms with Gasteiger partial charge in [0.1, 0.15) is 12.1 Å². The van der Waals surface area contributed by atoms with Crippen LogP contribution in [0.1, 0.15) is 48.5 Å². The Labute approximate surface area is 163 Å². The molecule has 1 aromatic rings. The van der Waals surface area contributed by atoms with Gasteiger partial charge in [-0.05, 0) is 36.5 Å². The first-order valence-corrected chi connectivity index (χ1v) is 9.45. The van der Waals surface area contributed by atoms with Gasteiger partial charge >= 0.3 is 12.0 Å². The van der Waals surface area contributed by atoms with Gasteiger partial charge in [0.05, 0.1) is 12.7 Å². The van der Waals surface area contributed by atoms with E-state index in [9.17, 15) is 19.2 Å². The van der Waals surface area contributed by atoms with Crippen LogP contribution in [0.15, 0.2) is 24.3 Å². The molecule has 3 rings (SSSR count). The Bertz CT molecular complexity index is 792. The number of rotatable bonds is 5. The minimum atomic E-state index is -0.862. The van der Waals surface area contributed by atoms with E-state index < -0.39 is 23.4 Å². The van der Waals surface area contributed by atoms with Crippen LogP contribution in [-0.2, 0) is 20.9 Å².